The molecule has 1 aliphatic rings. The Morgan fingerprint density at radius 1 is 0.639 bits per heavy atom. The average Bonchev–Trinajstić information content (AvgIpc) is 1.62. The molecule has 1 fully saturated rings. The Labute approximate surface area is 560 Å². The molecule has 7 aromatic rings. The second-order valence-corrected chi connectivity index (χ2v) is 21.9. The number of esters is 1. The largest absolute Gasteiger partial charge is 0.468 e. The summed E-state index contributed by atoms with van der Waals surface area (Å²) in [6.45, 7) is 8.24. The molecule has 6 N–H and O–H groups in total. The Hall–Kier alpha value is -8.99. The van der Waals surface area contributed by atoms with Crippen molar-refractivity contribution in [1.82, 2.24) is 55.7 Å². The number of hydrogen-bond donors (Lipinski definition) is 6. The molecule has 0 bridgehead atoms. The number of fused-ring (bicyclic) bond motifs is 2. The predicted octanol–water partition coefficient (Wildman–Crippen LogP) is 5.38. The van der Waals surface area contributed by atoms with Crippen molar-refractivity contribution in [2.75, 3.05) is 175 Å². The minimum Gasteiger partial charge on any atom is -0.468 e. The standard InChI is InChI=1S/C64H77ClF4N14O14/c1-70-62(89)47-6-3-4-8-51(47)77-61-49(65)39-74-63(78-61)76-44-10-12-45(13-11-44)81-19-17-80(18-20-81)21-23-92-25-27-94-29-31-96-33-35-97-34-32-95-30-28-93-26-24-91-22-16-71-54(84)14-15-57(87)83-53-37-48(50(66)36-43(53)38-75-83)46-7-5-9-52-59(46)60(64(67,68)69)79-82(52)42-56(86)72-40-55(85)73-41-58(88)90-2/h3-13,36-39H,14-35,40-42H2,1-2H3,(H,70,89)(H,71,84)(H,72,86)(H,73,85)(H2,74,76,77,78). The second kappa shape index (κ2) is 38.1. The molecule has 0 radical (unpaired) electrons. The van der Waals surface area contributed by atoms with E-state index < -0.39 is 72.3 Å². The Morgan fingerprint density at radius 2 is 1.27 bits per heavy atom. The molecule has 33 heteroatoms. The number of piperazine rings is 1. The third-order valence-electron chi connectivity index (χ3n) is 14.8. The minimum absolute atomic E-state index is 0.0611. The van der Waals surface area contributed by atoms with Gasteiger partial charge in [0.25, 0.3) is 5.91 Å². The lowest BCUT2D eigenvalue weighted by Crippen LogP contribution is -2.47. The maximum Gasteiger partial charge on any atom is 0.435 e. The first kappa shape index (κ1) is 73.8. The molecule has 97 heavy (non-hydrogen) atoms. The van der Waals surface area contributed by atoms with E-state index in [9.17, 15) is 41.9 Å². The molecule has 3 aromatic heterocycles. The quantitative estimate of drug-likeness (QED) is 0.0159. The Morgan fingerprint density at radius 3 is 1.91 bits per heavy atom. The summed E-state index contributed by atoms with van der Waals surface area (Å²) < 4.78 is 105. The lowest BCUT2D eigenvalue weighted by Gasteiger charge is -2.36. The van der Waals surface area contributed by atoms with Gasteiger partial charge in [-0.05, 0) is 60.2 Å². The highest BCUT2D eigenvalue weighted by atomic mass is 35.5. The van der Waals surface area contributed by atoms with Crippen LogP contribution in [-0.4, -0.2) is 229 Å². The van der Waals surface area contributed by atoms with E-state index in [0.717, 1.165) is 66.6 Å². The van der Waals surface area contributed by atoms with E-state index in [-0.39, 0.29) is 72.7 Å². The molecular formula is C64H77ClF4N14O14. The molecule has 0 spiro atoms. The number of amides is 4. The zero-order valence-electron chi connectivity index (χ0n) is 53.5. The number of nitrogens with zero attached hydrogens (tertiary/aromatic N) is 8. The fourth-order valence-corrected chi connectivity index (χ4v) is 10.0. The first-order valence-corrected chi connectivity index (χ1v) is 31.5. The number of alkyl halides is 3. The van der Waals surface area contributed by atoms with E-state index in [4.69, 9.17) is 44.8 Å². The van der Waals surface area contributed by atoms with Gasteiger partial charge in [-0.25, -0.2) is 14.1 Å². The van der Waals surface area contributed by atoms with Gasteiger partial charge in [-0.2, -0.15) is 28.4 Å². The third-order valence-corrected chi connectivity index (χ3v) is 15.1. The number of rotatable bonds is 40. The van der Waals surface area contributed by atoms with Crippen molar-refractivity contribution in [3.05, 3.63) is 113 Å². The Kier molecular flexibility index (Phi) is 29.0. The van der Waals surface area contributed by atoms with Crippen LogP contribution in [0.4, 0.5) is 46.4 Å². The maximum atomic E-state index is 15.8. The van der Waals surface area contributed by atoms with E-state index in [0.29, 0.717) is 101 Å². The summed E-state index contributed by atoms with van der Waals surface area (Å²) in [4.78, 5) is 87.9. The lowest BCUT2D eigenvalue weighted by atomic mass is 9.98. The van der Waals surface area contributed by atoms with Crippen LogP contribution in [0.3, 0.4) is 0 Å². The molecule has 0 aliphatic carbocycles. The van der Waals surface area contributed by atoms with Gasteiger partial charge in [0.15, 0.2) is 11.5 Å². The fraction of sp³-hybridized carbons (Fsp3) is 0.438. The van der Waals surface area contributed by atoms with Crippen molar-refractivity contribution >= 4 is 97.7 Å². The summed E-state index contributed by atoms with van der Waals surface area (Å²) in [7, 11) is 2.69. The lowest BCUT2D eigenvalue weighted by molar-refractivity contribution is -0.141. The van der Waals surface area contributed by atoms with Gasteiger partial charge in [-0.15, -0.1) is 0 Å². The van der Waals surface area contributed by atoms with Gasteiger partial charge in [0.05, 0.1) is 141 Å². The highest BCUT2D eigenvalue weighted by Gasteiger charge is 2.38. The molecule has 0 unspecified atom stereocenters. The van der Waals surface area contributed by atoms with E-state index in [1.54, 1.807) is 25.2 Å². The topological polar surface area (TPSA) is 316 Å². The molecule has 28 nitrogen and oxygen atoms in total. The average molecular weight is 1380 g/mol. The summed E-state index contributed by atoms with van der Waals surface area (Å²) in [5.74, 6) is -3.94. The van der Waals surface area contributed by atoms with Crippen LogP contribution in [-0.2, 0) is 69.8 Å². The number of methoxy groups -OCH3 is 1. The minimum atomic E-state index is -5.06. The molecule has 1 aliphatic heterocycles. The van der Waals surface area contributed by atoms with Gasteiger partial charge in [0.1, 0.15) is 23.9 Å². The van der Waals surface area contributed by atoms with Crippen LogP contribution in [0.15, 0.2) is 91.3 Å². The van der Waals surface area contributed by atoms with Crippen LogP contribution < -0.4 is 36.8 Å². The number of halogens is 5. The van der Waals surface area contributed by atoms with Crippen molar-refractivity contribution in [3.63, 3.8) is 0 Å². The molecule has 1 saturated heterocycles. The first-order chi connectivity index (χ1) is 47.0. The molecular weight excluding hydrogens is 1300 g/mol. The number of ether oxygens (including phenoxy) is 8. The number of para-hydroxylation sites is 1. The van der Waals surface area contributed by atoms with Crippen molar-refractivity contribution < 1.29 is 84.2 Å². The number of nitrogens with one attached hydrogen (secondary N) is 6. The molecule has 4 amide bonds. The molecule has 522 valence electrons. The fourth-order valence-electron chi connectivity index (χ4n) is 9.87. The number of carbonyl (C=O) groups excluding carboxylic acids is 6. The summed E-state index contributed by atoms with van der Waals surface area (Å²) in [6.07, 6.45) is -2.89. The Balaban J connectivity index is 0.592. The van der Waals surface area contributed by atoms with E-state index in [1.165, 1.54) is 36.7 Å². The highest BCUT2D eigenvalue weighted by Crippen LogP contribution is 2.41. The maximum absolute atomic E-state index is 15.8. The molecule has 4 heterocycles. The molecule has 8 rings (SSSR count). The van der Waals surface area contributed by atoms with Crippen molar-refractivity contribution in [2.45, 2.75) is 25.6 Å². The van der Waals surface area contributed by atoms with Gasteiger partial charge in [0, 0.05) is 86.9 Å². The molecule has 4 aromatic carbocycles. The Bertz CT molecular complexity index is 3750. The van der Waals surface area contributed by atoms with Crippen molar-refractivity contribution in [2.24, 2.45) is 0 Å². The van der Waals surface area contributed by atoms with Crippen LogP contribution in [0.2, 0.25) is 5.02 Å². The van der Waals surface area contributed by atoms with E-state index >= 15 is 4.39 Å². The van der Waals surface area contributed by atoms with Crippen LogP contribution in [0.1, 0.15) is 33.7 Å². The SMILES string of the molecule is CNC(=O)c1ccccc1Nc1nc(Nc2ccc(N3CCN(CCOCCOCCOCCOCCOCCOCCOCCNC(=O)CCC(=O)n4ncc5cc(F)c(-c6cccc7c6c(C(F)(F)F)nn7CC(=O)NCC(=O)NCC(=O)OC)cc54)CC3)cc2)ncc1Cl. The van der Waals surface area contributed by atoms with Crippen LogP contribution >= 0.6 is 11.6 Å². The summed E-state index contributed by atoms with van der Waals surface area (Å²) in [6, 6.07) is 21.2. The number of benzene rings is 4. The van der Waals surface area contributed by atoms with Gasteiger partial charge in [-0.3, -0.25) is 38.3 Å². The van der Waals surface area contributed by atoms with Crippen molar-refractivity contribution in [3.8, 4) is 11.1 Å². The van der Waals surface area contributed by atoms with Gasteiger partial charge in [-0.1, -0.05) is 35.9 Å². The smallest absolute Gasteiger partial charge is 0.435 e. The van der Waals surface area contributed by atoms with Crippen molar-refractivity contribution in [1.29, 1.82) is 0 Å². The van der Waals surface area contributed by atoms with Gasteiger partial charge >= 0.3 is 12.1 Å². The predicted molar refractivity (Wildman–Crippen MR) is 349 cm³/mol. The normalized spacial score (nSPS) is 12.6. The molecule has 0 saturated carbocycles. The zero-order chi connectivity index (χ0) is 68.9. The highest BCUT2D eigenvalue weighted by molar-refractivity contribution is 6.33. The van der Waals surface area contributed by atoms with Crippen LogP contribution in [0, 0.1) is 5.82 Å². The second-order valence-electron chi connectivity index (χ2n) is 21.5. The number of hydrogen-bond acceptors (Lipinski definition) is 22. The summed E-state index contributed by atoms with van der Waals surface area (Å²) in [5, 5.41) is 23.8. The monoisotopic (exact) mass is 1380 g/mol. The first-order valence-electron chi connectivity index (χ1n) is 31.1. The van der Waals surface area contributed by atoms with E-state index in [1.807, 2.05) is 18.2 Å². The number of aromatic nitrogens is 6. The summed E-state index contributed by atoms with van der Waals surface area (Å²) >= 11 is 6.40. The zero-order valence-corrected chi connectivity index (χ0v) is 54.3. The molecule has 0 atom stereocenters. The van der Waals surface area contributed by atoms with Gasteiger partial charge in [0.2, 0.25) is 29.6 Å². The van der Waals surface area contributed by atoms with Crippen LogP contribution in [0.25, 0.3) is 32.9 Å². The number of anilines is 5. The van der Waals surface area contributed by atoms with Gasteiger partial charge < -0.3 is 74.7 Å². The van der Waals surface area contributed by atoms with E-state index in [2.05, 4.69) is 78.7 Å². The third kappa shape index (κ3) is 22.8. The van der Waals surface area contributed by atoms with Crippen LogP contribution in [0.5, 0.6) is 0 Å². The number of carbonyl (C=O) groups is 6. The summed E-state index contributed by atoms with van der Waals surface area (Å²) in [5.41, 5.74) is 0.855.